The zero-order valence-corrected chi connectivity index (χ0v) is 15.3. The minimum atomic E-state index is -0.275. The Balaban J connectivity index is 1.34. The molecule has 2 heterocycles. The first-order valence-corrected chi connectivity index (χ1v) is 9.54. The summed E-state index contributed by atoms with van der Waals surface area (Å²) >= 11 is 0. The smallest absolute Gasteiger partial charge is 0.225 e. The number of hydrogen-bond acceptors (Lipinski definition) is 3. The number of fused-ring (bicyclic) bond motifs is 1. The van der Waals surface area contributed by atoms with Crippen LogP contribution in [-0.2, 0) is 16.0 Å². The average Bonchev–Trinajstić information content (AvgIpc) is 3.08. The molecule has 2 aliphatic rings. The molecule has 140 valence electrons. The van der Waals surface area contributed by atoms with Crippen LogP contribution in [0.4, 0.5) is 0 Å². The van der Waals surface area contributed by atoms with Crippen molar-refractivity contribution in [2.24, 2.45) is 5.92 Å². The summed E-state index contributed by atoms with van der Waals surface area (Å²) in [5, 5.41) is 3.13. The molecule has 0 spiro atoms. The molecule has 2 amide bonds. The number of nitrogens with one attached hydrogen (secondary N) is 1. The van der Waals surface area contributed by atoms with E-state index in [1.165, 1.54) is 5.56 Å². The van der Waals surface area contributed by atoms with Gasteiger partial charge in [-0.2, -0.15) is 0 Å². The standard InChI is InChI=1S/C22H24N2O3/c25-21-14-17(15-24(21)12-10-16-6-2-1-3-7-16)22(26)23-19-11-13-27-20-9-5-4-8-18(19)20/h1-9,17,19H,10-15H2,(H,23,26)/t17-,19+/m0/s1. The summed E-state index contributed by atoms with van der Waals surface area (Å²) in [5.41, 5.74) is 2.22. The van der Waals surface area contributed by atoms with E-state index in [4.69, 9.17) is 4.74 Å². The number of hydrogen-bond donors (Lipinski definition) is 1. The molecule has 5 nitrogen and oxygen atoms in total. The molecule has 4 rings (SSSR count). The zero-order valence-electron chi connectivity index (χ0n) is 15.3. The topological polar surface area (TPSA) is 58.6 Å². The summed E-state index contributed by atoms with van der Waals surface area (Å²) in [6.07, 6.45) is 1.86. The molecule has 2 aromatic rings. The van der Waals surface area contributed by atoms with Gasteiger partial charge in [-0.25, -0.2) is 0 Å². The molecule has 0 aliphatic carbocycles. The highest BCUT2D eigenvalue weighted by Crippen LogP contribution is 2.32. The number of nitrogens with zero attached hydrogens (tertiary/aromatic N) is 1. The fourth-order valence-corrected chi connectivity index (χ4v) is 3.85. The number of amides is 2. The summed E-state index contributed by atoms with van der Waals surface area (Å²) in [5.74, 6) is 0.593. The normalized spacial score (nSPS) is 21.5. The Bertz CT molecular complexity index is 821. The van der Waals surface area contributed by atoms with Crippen molar-refractivity contribution in [2.75, 3.05) is 19.7 Å². The average molecular weight is 364 g/mol. The van der Waals surface area contributed by atoms with Crippen LogP contribution in [0.15, 0.2) is 54.6 Å². The maximum atomic E-state index is 12.8. The second-order valence-corrected chi connectivity index (χ2v) is 7.21. The highest BCUT2D eigenvalue weighted by molar-refractivity contribution is 5.89. The number of para-hydroxylation sites is 1. The Hall–Kier alpha value is -2.82. The van der Waals surface area contributed by atoms with Crippen LogP contribution in [0.3, 0.4) is 0 Å². The van der Waals surface area contributed by atoms with Gasteiger partial charge in [0.15, 0.2) is 0 Å². The zero-order chi connectivity index (χ0) is 18.6. The lowest BCUT2D eigenvalue weighted by atomic mass is 9.99. The van der Waals surface area contributed by atoms with E-state index in [-0.39, 0.29) is 23.8 Å². The van der Waals surface area contributed by atoms with E-state index in [2.05, 4.69) is 17.4 Å². The fourth-order valence-electron chi connectivity index (χ4n) is 3.85. The van der Waals surface area contributed by atoms with Crippen molar-refractivity contribution < 1.29 is 14.3 Å². The summed E-state index contributed by atoms with van der Waals surface area (Å²) < 4.78 is 5.66. The molecule has 0 radical (unpaired) electrons. The van der Waals surface area contributed by atoms with Gasteiger partial charge >= 0.3 is 0 Å². The Morgan fingerprint density at radius 3 is 2.74 bits per heavy atom. The first-order chi connectivity index (χ1) is 13.2. The van der Waals surface area contributed by atoms with Gasteiger partial charge in [0, 0.05) is 31.5 Å². The Kier molecular flexibility index (Phi) is 5.10. The number of carbonyl (C=O) groups is 2. The van der Waals surface area contributed by atoms with Gasteiger partial charge in [0.25, 0.3) is 0 Å². The SMILES string of the molecule is O=C(N[C@@H]1CCOc2ccccc21)[C@H]1CC(=O)N(CCc2ccccc2)C1. The van der Waals surface area contributed by atoms with Crippen LogP contribution >= 0.6 is 0 Å². The van der Waals surface area contributed by atoms with E-state index in [1.807, 2.05) is 47.4 Å². The van der Waals surface area contributed by atoms with Crippen LogP contribution in [0.5, 0.6) is 5.75 Å². The van der Waals surface area contributed by atoms with Crippen LogP contribution in [-0.4, -0.2) is 36.4 Å². The van der Waals surface area contributed by atoms with Crippen molar-refractivity contribution in [1.82, 2.24) is 10.2 Å². The molecule has 1 N–H and O–H groups in total. The lowest BCUT2D eigenvalue weighted by molar-refractivity contribution is -0.129. The van der Waals surface area contributed by atoms with Gasteiger partial charge in [0.2, 0.25) is 11.8 Å². The molecule has 1 fully saturated rings. The first-order valence-electron chi connectivity index (χ1n) is 9.54. The van der Waals surface area contributed by atoms with Crippen molar-refractivity contribution in [2.45, 2.75) is 25.3 Å². The van der Waals surface area contributed by atoms with E-state index in [9.17, 15) is 9.59 Å². The van der Waals surface area contributed by atoms with Crippen LogP contribution in [0, 0.1) is 5.92 Å². The van der Waals surface area contributed by atoms with Gasteiger partial charge in [-0.3, -0.25) is 9.59 Å². The molecule has 2 aromatic carbocycles. The number of benzene rings is 2. The predicted octanol–water partition coefficient (Wildman–Crippen LogP) is 2.72. The van der Waals surface area contributed by atoms with Gasteiger partial charge in [-0.05, 0) is 18.1 Å². The van der Waals surface area contributed by atoms with Crippen LogP contribution < -0.4 is 10.1 Å². The largest absolute Gasteiger partial charge is 0.493 e. The van der Waals surface area contributed by atoms with Gasteiger partial charge < -0.3 is 15.0 Å². The quantitative estimate of drug-likeness (QED) is 0.887. The first kappa shape index (κ1) is 17.6. The molecule has 0 aromatic heterocycles. The second-order valence-electron chi connectivity index (χ2n) is 7.21. The third-order valence-electron chi connectivity index (χ3n) is 5.37. The summed E-state index contributed by atoms with van der Waals surface area (Å²) in [6, 6.07) is 17.9. The van der Waals surface area contributed by atoms with Crippen molar-refractivity contribution >= 4 is 11.8 Å². The highest BCUT2D eigenvalue weighted by Gasteiger charge is 2.35. The van der Waals surface area contributed by atoms with Gasteiger partial charge in [-0.15, -0.1) is 0 Å². The second kappa shape index (κ2) is 7.82. The summed E-state index contributed by atoms with van der Waals surface area (Å²) in [4.78, 5) is 26.9. The minimum Gasteiger partial charge on any atom is -0.493 e. The van der Waals surface area contributed by atoms with E-state index >= 15 is 0 Å². The lowest BCUT2D eigenvalue weighted by Gasteiger charge is -2.27. The summed E-state index contributed by atoms with van der Waals surface area (Å²) in [7, 11) is 0. The van der Waals surface area contributed by atoms with Crippen molar-refractivity contribution in [3.05, 3.63) is 65.7 Å². The highest BCUT2D eigenvalue weighted by atomic mass is 16.5. The van der Waals surface area contributed by atoms with Gasteiger partial charge in [-0.1, -0.05) is 48.5 Å². The fraction of sp³-hybridized carbons (Fsp3) is 0.364. The van der Waals surface area contributed by atoms with Gasteiger partial charge in [0.1, 0.15) is 5.75 Å². The summed E-state index contributed by atoms with van der Waals surface area (Å²) in [6.45, 7) is 1.75. The Labute approximate surface area is 159 Å². The monoisotopic (exact) mass is 364 g/mol. The van der Waals surface area contributed by atoms with E-state index < -0.39 is 0 Å². The molecular formula is C22H24N2O3. The van der Waals surface area contributed by atoms with Gasteiger partial charge in [0.05, 0.1) is 18.6 Å². The van der Waals surface area contributed by atoms with Crippen molar-refractivity contribution in [3.63, 3.8) is 0 Å². The molecule has 27 heavy (non-hydrogen) atoms. The molecule has 0 bridgehead atoms. The molecule has 0 unspecified atom stereocenters. The van der Waals surface area contributed by atoms with Crippen LogP contribution in [0.1, 0.15) is 30.0 Å². The van der Waals surface area contributed by atoms with Crippen LogP contribution in [0.2, 0.25) is 0 Å². The maximum Gasteiger partial charge on any atom is 0.225 e. The molecule has 2 aliphatic heterocycles. The van der Waals surface area contributed by atoms with Crippen molar-refractivity contribution in [1.29, 1.82) is 0 Å². The molecule has 5 heteroatoms. The molecule has 1 saturated heterocycles. The third-order valence-corrected chi connectivity index (χ3v) is 5.37. The van der Waals surface area contributed by atoms with Crippen molar-refractivity contribution in [3.8, 4) is 5.75 Å². The Morgan fingerprint density at radius 2 is 1.89 bits per heavy atom. The molecule has 2 atom stereocenters. The number of rotatable bonds is 5. The van der Waals surface area contributed by atoms with E-state index in [0.29, 0.717) is 26.1 Å². The third kappa shape index (κ3) is 3.97. The number of likely N-dealkylation sites (tertiary alicyclic amines) is 1. The molecular weight excluding hydrogens is 340 g/mol. The van der Waals surface area contributed by atoms with E-state index in [0.717, 1.165) is 24.2 Å². The maximum absolute atomic E-state index is 12.8. The number of carbonyl (C=O) groups excluding carboxylic acids is 2. The van der Waals surface area contributed by atoms with Crippen LogP contribution in [0.25, 0.3) is 0 Å². The minimum absolute atomic E-state index is 0.0349. The predicted molar refractivity (Wildman–Crippen MR) is 102 cm³/mol. The van der Waals surface area contributed by atoms with E-state index in [1.54, 1.807) is 0 Å². The number of ether oxygens (including phenoxy) is 1. The lowest BCUT2D eigenvalue weighted by Crippen LogP contribution is -2.37. The Morgan fingerprint density at radius 1 is 1.11 bits per heavy atom. The molecule has 0 saturated carbocycles.